The van der Waals surface area contributed by atoms with Crippen LogP contribution in [0.2, 0.25) is 0 Å². The highest BCUT2D eigenvalue weighted by Gasteiger charge is 2.12. The average molecular weight is 433 g/mol. The fourth-order valence-electron chi connectivity index (χ4n) is 2.44. The summed E-state index contributed by atoms with van der Waals surface area (Å²) in [6.07, 6.45) is 0.814. The average Bonchev–Trinajstić information content (AvgIpc) is 2.97. The van der Waals surface area contributed by atoms with Crippen LogP contribution in [-0.4, -0.2) is 20.7 Å². The Balaban J connectivity index is 1.78. The van der Waals surface area contributed by atoms with Crippen LogP contribution in [0.1, 0.15) is 17.5 Å². The monoisotopic (exact) mass is 432 g/mol. The molecule has 0 unspecified atom stereocenters. The maximum absolute atomic E-state index is 12.3. The minimum Gasteiger partial charge on any atom is -0.300 e. The fraction of sp³-hybridized carbons (Fsp3) is 0.222. The van der Waals surface area contributed by atoms with Crippen LogP contribution in [0.5, 0.6) is 0 Å². The molecule has 0 bridgehead atoms. The van der Waals surface area contributed by atoms with Gasteiger partial charge in [-0.25, -0.2) is 9.67 Å². The van der Waals surface area contributed by atoms with E-state index in [1.165, 1.54) is 17.4 Å². The minimum absolute atomic E-state index is 0.163. The lowest BCUT2D eigenvalue weighted by molar-refractivity contribution is -0.117. The zero-order chi connectivity index (χ0) is 18.7. The molecule has 3 aromatic rings. The number of nitrogens with zero attached hydrogens (tertiary/aromatic N) is 3. The number of hydrogen-bond donors (Lipinski definition) is 1. The Kier molecular flexibility index (Phi) is 5.63. The van der Waals surface area contributed by atoms with E-state index in [9.17, 15) is 9.59 Å². The van der Waals surface area contributed by atoms with Crippen molar-refractivity contribution in [3.8, 4) is 11.3 Å². The molecule has 3 rings (SSSR count). The first-order valence-corrected chi connectivity index (χ1v) is 9.67. The summed E-state index contributed by atoms with van der Waals surface area (Å²) in [4.78, 5) is 29.8. The van der Waals surface area contributed by atoms with Gasteiger partial charge in [-0.05, 0) is 31.5 Å². The van der Waals surface area contributed by atoms with Gasteiger partial charge in [0.15, 0.2) is 5.13 Å². The van der Waals surface area contributed by atoms with Crippen molar-refractivity contribution in [3.05, 3.63) is 61.8 Å². The molecule has 0 saturated carbocycles. The number of halogens is 1. The number of anilines is 1. The van der Waals surface area contributed by atoms with Crippen LogP contribution in [0.3, 0.4) is 0 Å². The van der Waals surface area contributed by atoms with Gasteiger partial charge in [0.25, 0.3) is 5.56 Å². The van der Waals surface area contributed by atoms with E-state index in [1.54, 1.807) is 6.07 Å². The minimum atomic E-state index is -0.330. The Morgan fingerprint density at radius 2 is 1.96 bits per heavy atom. The van der Waals surface area contributed by atoms with Crippen molar-refractivity contribution in [1.82, 2.24) is 14.8 Å². The Labute approximate surface area is 163 Å². The molecule has 1 amide bonds. The highest BCUT2D eigenvalue weighted by atomic mass is 79.9. The van der Waals surface area contributed by atoms with Crippen molar-refractivity contribution in [2.24, 2.45) is 0 Å². The van der Waals surface area contributed by atoms with Crippen molar-refractivity contribution in [1.29, 1.82) is 0 Å². The van der Waals surface area contributed by atoms with E-state index in [1.807, 2.05) is 38.1 Å². The number of aromatic nitrogens is 3. The van der Waals surface area contributed by atoms with Crippen LogP contribution in [0, 0.1) is 6.92 Å². The third kappa shape index (κ3) is 4.25. The van der Waals surface area contributed by atoms with E-state index >= 15 is 0 Å². The number of thiazole rings is 1. The largest absolute Gasteiger partial charge is 0.300 e. The van der Waals surface area contributed by atoms with Gasteiger partial charge in [-0.1, -0.05) is 35.0 Å². The van der Waals surface area contributed by atoms with Gasteiger partial charge in [0.05, 0.1) is 11.4 Å². The van der Waals surface area contributed by atoms with E-state index in [0.717, 1.165) is 31.7 Å². The second-order valence-corrected chi connectivity index (χ2v) is 7.76. The first-order valence-electron chi connectivity index (χ1n) is 8.06. The van der Waals surface area contributed by atoms with E-state index < -0.39 is 0 Å². The topological polar surface area (TPSA) is 76.9 Å². The highest BCUT2D eigenvalue weighted by molar-refractivity contribution is 9.10. The zero-order valence-electron chi connectivity index (χ0n) is 14.3. The smallest absolute Gasteiger partial charge is 0.267 e. The summed E-state index contributed by atoms with van der Waals surface area (Å²) in [5, 5.41) is 7.59. The van der Waals surface area contributed by atoms with E-state index in [0.29, 0.717) is 10.8 Å². The molecule has 2 heterocycles. The molecule has 8 heteroatoms. The molecular formula is C18H17BrN4O2S. The number of hydrogen-bond acceptors (Lipinski definition) is 5. The molecule has 1 N–H and O–H groups in total. The molecule has 0 fully saturated rings. The maximum atomic E-state index is 12.3. The molecule has 0 aliphatic rings. The third-order valence-corrected chi connectivity index (χ3v) is 5.23. The van der Waals surface area contributed by atoms with Gasteiger partial charge in [0, 0.05) is 21.0 Å². The predicted molar refractivity (Wildman–Crippen MR) is 106 cm³/mol. The van der Waals surface area contributed by atoms with Gasteiger partial charge in [0.1, 0.15) is 6.54 Å². The van der Waals surface area contributed by atoms with Crippen LogP contribution in [0.4, 0.5) is 5.13 Å². The first kappa shape index (κ1) is 18.5. The van der Waals surface area contributed by atoms with Gasteiger partial charge < -0.3 is 5.32 Å². The molecule has 6 nitrogen and oxygen atoms in total. The van der Waals surface area contributed by atoms with Crippen molar-refractivity contribution in [2.45, 2.75) is 26.8 Å². The Bertz CT molecular complexity index is 995. The van der Waals surface area contributed by atoms with Crippen LogP contribution in [-0.2, 0) is 17.8 Å². The van der Waals surface area contributed by atoms with E-state index in [-0.39, 0.29) is 18.0 Å². The molecule has 134 valence electrons. The number of carbonyl (C=O) groups is 1. The van der Waals surface area contributed by atoms with Crippen LogP contribution in [0.25, 0.3) is 11.3 Å². The predicted octanol–water partition coefficient (Wildman–Crippen LogP) is 3.64. The lowest BCUT2D eigenvalue weighted by atomic mass is 10.1. The van der Waals surface area contributed by atoms with E-state index in [2.05, 4.69) is 31.3 Å². The molecule has 0 spiro atoms. The van der Waals surface area contributed by atoms with Gasteiger partial charge in [-0.15, -0.1) is 11.3 Å². The van der Waals surface area contributed by atoms with Crippen molar-refractivity contribution in [3.63, 3.8) is 0 Å². The van der Waals surface area contributed by atoms with Crippen molar-refractivity contribution >= 4 is 38.3 Å². The van der Waals surface area contributed by atoms with E-state index in [4.69, 9.17) is 0 Å². The molecule has 0 saturated heterocycles. The summed E-state index contributed by atoms with van der Waals surface area (Å²) in [7, 11) is 0. The zero-order valence-corrected chi connectivity index (χ0v) is 16.7. The Morgan fingerprint density at radius 1 is 1.23 bits per heavy atom. The number of rotatable bonds is 5. The standard InChI is InChI=1S/C18H17BrN4O2S/c1-3-14-11(2)26-18(20-14)21-16(24)10-23-17(25)9-8-15(22-23)12-4-6-13(19)7-5-12/h4-9H,3,10H2,1-2H3,(H,20,21,24). The number of carbonyl (C=O) groups excluding carboxylic acids is 1. The van der Waals surface area contributed by atoms with Crippen molar-refractivity contribution < 1.29 is 4.79 Å². The molecule has 1 aromatic carbocycles. The molecule has 2 aromatic heterocycles. The number of benzene rings is 1. The Hall–Kier alpha value is -2.32. The van der Waals surface area contributed by atoms with Gasteiger partial charge in [-0.2, -0.15) is 5.10 Å². The molecule has 0 aliphatic carbocycles. The molecule has 0 radical (unpaired) electrons. The second-order valence-electron chi connectivity index (χ2n) is 5.64. The molecular weight excluding hydrogens is 416 g/mol. The normalized spacial score (nSPS) is 10.7. The Morgan fingerprint density at radius 3 is 2.62 bits per heavy atom. The van der Waals surface area contributed by atoms with Crippen LogP contribution in [0.15, 0.2) is 45.7 Å². The first-order chi connectivity index (χ1) is 12.5. The summed E-state index contributed by atoms with van der Waals surface area (Å²) in [5.74, 6) is -0.330. The summed E-state index contributed by atoms with van der Waals surface area (Å²) in [5.41, 5.74) is 2.14. The maximum Gasteiger partial charge on any atom is 0.267 e. The van der Waals surface area contributed by atoms with Crippen molar-refractivity contribution in [2.75, 3.05) is 5.32 Å². The molecule has 0 atom stereocenters. The molecule has 26 heavy (non-hydrogen) atoms. The summed E-state index contributed by atoms with van der Waals surface area (Å²) in [6.45, 7) is 3.83. The van der Waals surface area contributed by atoms with Gasteiger partial charge in [-0.3, -0.25) is 9.59 Å². The SMILES string of the molecule is CCc1nc(NC(=O)Cn2nc(-c3ccc(Br)cc3)ccc2=O)sc1C. The number of amides is 1. The summed E-state index contributed by atoms with van der Waals surface area (Å²) < 4.78 is 2.12. The lowest BCUT2D eigenvalue weighted by Crippen LogP contribution is -2.29. The fourth-order valence-corrected chi connectivity index (χ4v) is 3.62. The number of aryl methyl sites for hydroxylation is 2. The quantitative estimate of drug-likeness (QED) is 0.667. The number of nitrogens with one attached hydrogen (secondary N) is 1. The van der Waals surface area contributed by atoms with Crippen LogP contribution < -0.4 is 10.9 Å². The van der Waals surface area contributed by atoms with Gasteiger partial charge in [0.2, 0.25) is 5.91 Å². The van der Waals surface area contributed by atoms with Crippen LogP contribution >= 0.6 is 27.3 Å². The summed E-state index contributed by atoms with van der Waals surface area (Å²) >= 11 is 4.81. The molecule has 0 aliphatic heterocycles. The highest BCUT2D eigenvalue weighted by Crippen LogP contribution is 2.22. The van der Waals surface area contributed by atoms with Gasteiger partial charge >= 0.3 is 0 Å². The third-order valence-electron chi connectivity index (χ3n) is 3.77. The lowest BCUT2D eigenvalue weighted by Gasteiger charge is -2.07. The second kappa shape index (κ2) is 7.92. The summed E-state index contributed by atoms with van der Waals surface area (Å²) in [6, 6.07) is 10.7.